The second kappa shape index (κ2) is 3.08. The van der Waals surface area contributed by atoms with Crippen LogP contribution in [0.25, 0.3) is 11.7 Å². The van der Waals surface area contributed by atoms with Crippen molar-refractivity contribution in [3.8, 4) is 0 Å². The Hall–Kier alpha value is -1.85. The van der Waals surface area contributed by atoms with E-state index in [1.54, 1.807) is 0 Å². The highest BCUT2D eigenvalue weighted by Gasteiger charge is 2.36. The fraction of sp³-hybridized carbons (Fsp3) is 0.111. The second-order valence-electron chi connectivity index (χ2n) is 2.91. The normalized spacial score (nSPS) is 11.9. The van der Waals surface area contributed by atoms with Gasteiger partial charge in [0.05, 0.1) is 0 Å². The first kappa shape index (κ1) is 9.70. The Labute approximate surface area is 82.9 Å². The van der Waals surface area contributed by atoms with Crippen molar-refractivity contribution in [2.75, 3.05) is 0 Å². The zero-order valence-electron chi connectivity index (χ0n) is 7.49. The standard InChI is InChI=1S/C9H6F3N3/c1-2-6-3-4-15-7(5-6)13-14-8(15)9(10,11)12/h2-5H,1H2. The van der Waals surface area contributed by atoms with E-state index < -0.39 is 12.0 Å². The van der Waals surface area contributed by atoms with Crippen LogP contribution in [0.5, 0.6) is 0 Å². The van der Waals surface area contributed by atoms with Gasteiger partial charge in [0.25, 0.3) is 0 Å². The Morgan fingerprint density at radius 2 is 2.07 bits per heavy atom. The van der Waals surface area contributed by atoms with Crippen LogP contribution in [-0.4, -0.2) is 14.6 Å². The fourth-order valence-electron chi connectivity index (χ4n) is 1.23. The highest BCUT2D eigenvalue weighted by Crippen LogP contribution is 2.27. The molecule has 0 radical (unpaired) electrons. The van der Waals surface area contributed by atoms with Gasteiger partial charge in [-0.15, -0.1) is 10.2 Å². The van der Waals surface area contributed by atoms with Crippen molar-refractivity contribution in [3.63, 3.8) is 0 Å². The molecule has 78 valence electrons. The van der Waals surface area contributed by atoms with Gasteiger partial charge in [0.2, 0.25) is 5.82 Å². The SMILES string of the molecule is C=Cc1ccn2c(C(F)(F)F)nnc2c1. The van der Waals surface area contributed by atoms with Crippen molar-refractivity contribution in [1.82, 2.24) is 14.6 Å². The van der Waals surface area contributed by atoms with E-state index >= 15 is 0 Å². The highest BCUT2D eigenvalue weighted by atomic mass is 19.4. The molecule has 6 heteroatoms. The van der Waals surface area contributed by atoms with Gasteiger partial charge in [0.1, 0.15) is 0 Å². The van der Waals surface area contributed by atoms with Crippen LogP contribution in [0.3, 0.4) is 0 Å². The lowest BCUT2D eigenvalue weighted by Gasteiger charge is -2.03. The van der Waals surface area contributed by atoms with Crippen LogP contribution < -0.4 is 0 Å². The number of pyridine rings is 1. The first-order chi connectivity index (χ1) is 7.02. The largest absolute Gasteiger partial charge is 0.452 e. The van der Waals surface area contributed by atoms with Gasteiger partial charge in [-0.05, 0) is 17.7 Å². The Morgan fingerprint density at radius 3 is 2.67 bits per heavy atom. The molecule has 0 spiro atoms. The minimum absolute atomic E-state index is 0.153. The lowest BCUT2D eigenvalue weighted by atomic mass is 10.2. The maximum absolute atomic E-state index is 12.4. The summed E-state index contributed by atoms with van der Waals surface area (Å²) in [5, 5.41) is 6.53. The molecule has 0 N–H and O–H groups in total. The molecule has 0 aliphatic rings. The molecule has 2 heterocycles. The summed E-state index contributed by atoms with van der Waals surface area (Å²) in [7, 11) is 0. The van der Waals surface area contributed by atoms with E-state index in [2.05, 4.69) is 16.8 Å². The lowest BCUT2D eigenvalue weighted by molar-refractivity contribution is -0.145. The molecule has 0 saturated heterocycles. The Balaban J connectivity index is 2.67. The number of hydrogen-bond donors (Lipinski definition) is 0. The molecule has 3 nitrogen and oxygen atoms in total. The molecule has 0 unspecified atom stereocenters. The molecule has 0 aromatic carbocycles. The minimum atomic E-state index is -4.49. The quantitative estimate of drug-likeness (QED) is 0.728. The predicted octanol–water partition coefficient (Wildman–Crippen LogP) is 2.39. The van der Waals surface area contributed by atoms with E-state index in [0.29, 0.717) is 5.56 Å². The Kier molecular flexibility index (Phi) is 1.99. The average molecular weight is 213 g/mol. The first-order valence-corrected chi connectivity index (χ1v) is 4.07. The van der Waals surface area contributed by atoms with Crippen LogP contribution in [0, 0.1) is 0 Å². The van der Waals surface area contributed by atoms with Crippen LogP contribution in [0.2, 0.25) is 0 Å². The monoisotopic (exact) mass is 213 g/mol. The maximum Gasteiger partial charge on any atom is 0.452 e. The van der Waals surface area contributed by atoms with Gasteiger partial charge < -0.3 is 0 Å². The van der Waals surface area contributed by atoms with E-state index in [-0.39, 0.29) is 5.65 Å². The van der Waals surface area contributed by atoms with Crippen molar-refractivity contribution in [2.24, 2.45) is 0 Å². The summed E-state index contributed by atoms with van der Waals surface area (Å²) in [5.74, 6) is -1.02. The third-order valence-electron chi connectivity index (χ3n) is 1.92. The topological polar surface area (TPSA) is 30.2 Å². The van der Waals surface area contributed by atoms with Crippen molar-refractivity contribution < 1.29 is 13.2 Å². The molecule has 0 bridgehead atoms. The number of aromatic nitrogens is 3. The van der Waals surface area contributed by atoms with Crippen molar-refractivity contribution in [2.45, 2.75) is 6.18 Å². The third kappa shape index (κ3) is 1.58. The third-order valence-corrected chi connectivity index (χ3v) is 1.92. The maximum atomic E-state index is 12.4. The smallest absolute Gasteiger partial charge is 0.279 e. The minimum Gasteiger partial charge on any atom is -0.279 e. The van der Waals surface area contributed by atoms with Crippen molar-refractivity contribution in [1.29, 1.82) is 0 Å². The molecule has 0 aliphatic heterocycles. The number of alkyl halides is 3. The van der Waals surface area contributed by atoms with Gasteiger partial charge >= 0.3 is 6.18 Å². The van der Waals surface area contributed by atoms with E-state index in [0.717, 1.165) is 4.40 Å². The van der Waals surface area contributed by atoms with Gasteiger partial charge in [-0.1, -0.05) is 12.7 Å². The average Bonchev–Trinajstić information content (AvgIpc) is 2.59. The first-order valence-electron chi connectivity index (χ1n) is 4.07. The van der Waals surface area contributed by atoms with Crippen LogP contribution in [0.1, 0.15) is 11.4 Å². The van der Waals surface area contributed by atoms with Gasteiger partial charge in [-0.2, -0.15) is 13.2 Å². The van der Waals surface area contributed by atoms with E-state index in [1.165, 1.54) is 24.4 Å². The zero-order valence-corrected chi connectivity index (χ0v) is 7.49. The highest BCUT2D eigenvalue weighted by molar-refractivity contribution is 5.54. The number of halogens is 3. The fourth-order valence-corrected chi connectivity index (χ4v) is 1.23. The molecule has 0 aliphatic carbocycles. The Morgan fingerprint density at radius 1 is 1.33 bits per heavy atom. The molecule has 0 amide bonds. The lowest BCUT2D eigenvalue weighted by Crippen LogP contribution is -2.10. The summed E-state index contributed by atoms with van der Waals surface area (Å²) in [6.45, 7) is 3.51. The molecule has 0 fully saturated rings. The van der Waals surface area contributed by atoms with Crippen LogP contribution in [0.15, 0.2) is 24.9 Å². The van der Waals surface area contributed by atoms with Crippen LogP contribution in [0.4, 0.5) is 13.2 Å². The number of hydrogen-bond acceptors (Lipinski definition) is 2. The number of fused-ring (bicyclic) bond motifs is 1. The van der Waals surface area contributed by atoms with Gasteiger partial charge in [-0.25, -0.2) is 0 Å². The molecule has 2 rings (SSSR count). The molecular weight excluding hydrogens is 207 g/mol. The number of nitrogens with zero attached hydrogens (tertiary/aromatic N) is 3. The summed E-state index contributed by atoms with van der Waals surface area (Å²) < 4.78 is 38.1. The molecule has 2 aromatic rings. The van der Waals surface area contributed by atoms with Crippen molar-refractivity contribution in [3.05, 3.63) is 36.3 Å². The molecular formula is C9H6F3N3. The van der Waals surface area contributed by atoms with Gasteiger partial charge in [0.15, 0.2) is 5.65 Å². The molecule has 0 atom stereocenters. The summed E-state index contributed by atoms with van der Waals surface area (Å²) >= 11 is 0. The van der Waals surface area contributed by atoms with Crippen molar-refractivity contribution >= 4 is 11.7 Å². The van der Waals surface area contributed by atoms with Gasteiger partial charge in [-0.3, -0.25) is 4.40 Å². The predicted molar refractivity (Wildman–Crippen MR) is 48.1 cm³/mol. The second-order valence-corrected chi connectivity index (χ2v) is 2.91. The number of rotatable bonds is 1. The summed E-state index contributed by atoms with van der Waals surface area (Å²) in [4.78, 5) is 0. The Bertz CT molecular complexity index is 513. The van der Waals surface area contributed by atoms with E-state index in [9.17, 15) is 13.2 Å². The van der Waals surface area contributed by atoms with Gasteiger partial charge in [0, 0.05) is 6.20 Å². The van der Waals surface area contributed by atoms with E-state index in [1.807, 2.05) is 0 Å². The molecule has 2 aromatic heterocycles. The molecule has 15 heavy (non-hydrogen) atoms. The summed E-state index contributed by atoms with van der Waals surface area (Å²) in [6.07, 6.45) is -1.69. The summed E-state index contributed by atoms with van der Waals surface area (Å²) in [6, 6.07) is 2.99. The molecule has 0 saturated carbocycles. The van der Waals surface area contributed by atoms with Crippen LogP contribution >= 0.6 is 0 Å². The van der Waals surface area contributed by atoms with E-state index in [4.69, 9.17) is 0 Å². The summed E-state index contributed by atoms with van der Waals surface area (Å²) in [5.41, 5.74) is 0.850. The van der Waals surface area contributed by atoms with Crippen LogP contribution in [-0.2, 0) is 6.18 Å². The zero-order chi connectivity index (χ0) is 11.1.